The standard InChI is InChI=1S/C20H16BrF3N4O/c1-12-7-14(13-3-2-4-15(8-13)20(22,23)24)5-6-27(12)19(29)17-9-18-25-10-16(21)11-28(18)26-17/h2-5,8-12H,6-7H2,1H3. The number of carbonyl (C=O) groups is 1. The minimum Gasteiger partial charge on any atom is -0.330 e. The van der Waals surface area contributed by atoms with Gasteiger partial charge in [-0.1, -0.05) is 18.2 Å². The van der Waals surface area contributed by atoms with Gasteiger partial charge >= 0.3 is 6.18 Å². The lowest BCUT2D eigenvalue weighted by Crippen LogP contribution is -2.41. The number of halogens is 4. The van der Waals surface area contributed by atoms with Crippen LogP contribution in [0.2, 0.25) is 0 Å². The molecule has 0 saturated heterocycles. The zero-order valence-corrected chi connectivity index (χ0v) is 16.9. The molecule has 0 radical (unpaired) electrons. The van der Waals surface area contributed by atoms with Crippen LogP contribution in [0.1, 0.15) is 35.0 Å². The summed E-state index contributed by atoms with van der Waals surface area (Å²) >= 11 is 3.31. The molecule has 5 nitrogen and oxygen atoms in total. The van der Waals surface area contributed by atoms with Gasteiger partial charge in [-0.15, -0.1) is 0 Å². The summed E-state index contributed by atoms with van der Waals surface area (Å²) in [5, 5.41) is 4.29. The molecular formula is C20H16BrF3N4O. The summed E-state index contributed by atoms with van der Waals surface area (Å²) in [6.07, 6.45) is 1.22. The highest BCUT2D eigenvalue weighted by molar-refractivity contribution is 9.10. The highest BCUT2D eigenvalue weighted by Crippen LogP contribution is 2.33. The summed E-state index contributed by atoms with van der Waals surface area (Å²) in [7, 11) is 0. The molecule has 1 aromatic carbocycles. The maximum atomic E-state index is 13.0. The Morgan fingerprint density at radius 3 is 2.79 bits per heavy atom. The van der Waals surface area contributed by atoms with Crippen LogP contribution >= 0.6 is 15.9 Å². The van der Waals surface area contributed by atoms with E-state index in [2.05, 4.69) is 26.0 Å². The molecule has 4 rings (SSSR count). The smallest absolute Gasteiger partial charge is 0.330 e. The fraction of sp³-hybridized carbons (Fsp3) is 0.250. The maximum absolute atomic E-state index is 13.0. The molecule has 1 atom stereocenters. The first-order valence-corrected chi connectivity index (χ1v) is 9.70. The quantitative estimate of drug-likeness (QED) is 0.545. The molecule has 9 heteroatoms. The second-order valence-electron chi connectivity index (χ2n) is 6.92. The molecule has 29 heavy (non-hydrogen) atoms. The SMILES string of the molecule is CC1CC(c2cccc(C(F)(F)F)c2)=CCN1C(=O)c1cc2ncc(Br)cn2n1. The van der Waals surface area contributed by atoms with E-state index in [9.17, 15) is 18.0 Å². The number of alkyl halides is 3. The van der Waals surface area contributed by atoms with E-state index < -0.39 is 11.7 Å². The molecule has 0 aliphatic carbocycles. The zero-order chi connectivity index (χ0) is 20.8. The highest BCUT2D eigenvalue weighted by atomic mass is 79.9. The van der Waals surface area contributed by atoms with Crippen LogP contribution < -0.4 is 0 Å². The van der Waals surface area contributed by atoms with Gasteiger partial charge in [0, 0.05) is 31.0 Å². The van der Waals surface area contributed by atoms with Crippen molar-refractivity contribution >= 4 is 33.1 Å². The van der Waals surface area contributed by atoms with Crippen LogP contribution in [0, 0.1) is 0 Å². The van der Waals surface area contributed by atoms with Crippen LogP contribution in [0.5, 0.6) is 0 Å². The van der Waals surface area contributed by atoms with Gasteiger partial charge in [-0.25, -0.2) is 9.50 Å². The number of rotatable bonds is 2. The van der Waals surface area contributed by atoms with Gasteiger partial charge in [-0.2, -0.15) is 18.3 Å². The molecule has 1 amide bonds. The lowest BCUT2D eigenvalue weighted by molar-refractivity contribution is -0.137. The number of amides is 1. The molecule has 3 aromatic rings. The Labute approximate surface area is 173 Å². The van der Waals surface area contributed by atoms with E-state index in [-0.39, 0.29) is 17.6 Å². The third-order valence-electron chi connectivity index (χ3n) is 4.90. The Hall–Kier alpha value is -2.68. The number of nitrogens with zero attached hydrogens (tertiary/aromatic N) is 4. The fourth-order valence-corrected chi connectivity index (χ4v) is 3.72. The van der Waals surface area contributed by atoms with E-state index in [1.54, 1.807) is 35.5 Å². The first kappa shape index (κ1) is 19.6. The van der Waals surface area contributed by atoms with E-state index in [4.69, 9.17) is 0 Å². The summed E-state index contributed by atoms with van der Waals surface area (Å²) in [4.78, 5) is 18.8. The molecular weight excluding hydrogens is 449 g/mol. The lowest BCUT2D eigenvalue weighted by atomic mass is 9.93. The largest absolute Gasteiger partial charge is 0.416 e. The average Bonchev–Trinajstić information content (AvgIpc) is 3.10. The predicted molar refractivity (Wildman–Crippen MR) is 105 cm³/mol. The zero-order valence-electron chi connectivity index (χ0n) is 15.3. The van der Waals surface area contributed by atoms with Crippen LogP contribution in [-0.4, -0.2) is 38.0 Å². The van der Waals surface area contributed by atoms with Crippen LogP contribution in [-0.2, 0) is 6.18 Å². The summed E-state index contributed by atoms with van der Waals surface area (Å²) < 4.78 is 41.2. The number of hydrogen-bond acceptors (Lipinski definition) is 3. The Morgan fingerprint density at radius 2 is 2.07 bits per heavy atom. The number of benzene rings is 1. The van der Waals surface area contributed by atoms with Gasteiger partial charge < -0.3 is 4.90 Å². The molecule has 0 N–H and O–H groups in total. The third-order valence-corrected chi connectivity index (χ3v) is 5.31. The normalized spacial score (nSPS) is 17.5. The monoisotopic (exact) mass is 464 g/mol. The van der Waals surface area contributed by atoms with E-state index in [0.717, 1.165) is 22.2 Å². The number of hydrogen-bond donors (Lipinski definition) is 0. The predicted octanol–water partition coefficient (Wildman–Crippen LogP) is 4.83. The summed E-state index contributed by atoms with van der Waals surface area (Å²) in [6, 6.07) is 6.72. The van der Waals surface area contributed by atoms with Crippen molar-refractivity contribution in [3.63, 3.8) is 0 Å². The van der Waals surface area contributed by atoms with Crippen molar-refractivity contribution in [3.05, 3.63) is 70.1 Å². The first-order chi connectivity index (χ1) is 13.7. The Kier molecular flexibility index (Phi) is 4.94. The van der Waals surface area contributed by atoms with Crippen molar-refractivity contribution in [3.8, 4) is 0 Å². The van der Waals surface area contributed by atoms with Gasteiger partial charge in [0.1, 0.15) is 0 Å². The van der Waals surface area contributed by atoms with Gasteiger partial charge in [-0.05, 0) is 52.5 Å². The Bertz CT molecular complexity index is 1120. The minimum atomic E-state index is -4.38. The second kappa shape index (κ2) is 7.29. The van der Waals surface area contributed by atoms with Gasteiger partial charge in [0.2, 0.25) is 0 Å². The van der Waals surface area contributed by atoms with Crippen molar-refractivity contribution in [2.45, 2.75) is 25.6 Å². The molecule has 0 spiro atoms. The summed E-state index contributed by atoms with van der Waals surface area (Å²) in [5.74, 6) is -0.238. The number of fused-ring (bicyclic) bond motifs is 1. The fourth-order valence-electron chi connectivity index (χ4n) is 3.42. The molecule has 1 aliphatic heterocycles. The lowest BCUT2D eigenvalue weighted by Gasteiger charge is -2.32. The molecule has 3 heterocycles. The third kappa shape index (κ3) is 3.91. The molecule has 0 fully saturated rings. The van der Waals surface area contributed by atoms with Gasteiger partial charge in [-0.3, -0.25) is 4.79 Å². The average molecular weight is 465 g/mol. The van der Waals surface area contributed by atoms with E-state index in [0.29, 0.717) is 24.2 Å². The topological polar surface area (TPSA) is 50.5 Å². The molecule has 1 unspecified atom stereocenters. The first-order valence-electron chi connectivity index (χ1n) is 8.91. The van der Waals surface area contributed by atoms with Gasteiger partial charge in [0.05, 0.1) is 10.0 Å². The van der Waals surface area contributed by atoms with Crippen LogP contribution in [0.25, 0.3) is 11.2 Å². The Balaban J connectivity index is 1.57. The minimum absolute atomic E-state index is 0.179. The second-order valence-corrected chi connectivity index (χ2v) is 7.84. The highest BCUT2D eigenvalue weighted by Gasteiger charge is 2.32. The molecule has 150 valence electrons. The molecule has 0 bridgehead atoms. The van der Waals surface area contributed by atoms with Crippen LogP contribution in [0.15, 0.2) is 53.3 Å². The molecule has 1 aliphatic rings. The van der Waals surface area contributed by atoms with E-state index >= 15 is 0 Å². The Morgan fingerprint density at radius 1 is 1.28 bits per heavy atom. The van der Waals surface area contributed by atoms with Crippen molar-refractivity contribution < 1.29 is 18.0 Å². The summed E-state index contributed by atoms with van der Waals surface area (Å²) in [5.41, 5.74) is 1.49. The van der Waals surface area contributed by atoms with E-state index in [1.807, 2.05) is 6.92 Å². The van der Waals surface area contributed by atoms with Crippen molar-refractivity contribution in [2.24, 2.45) is 0 Å². The van der Waals surface area contributed by atoms with Crippen LogP contribution in [0.3, 0.4) is 0 Å². The summed E-state index contributed by atoms with van der Waals surface area (Å²) in [6.45, 7) is 2.18. The number of aromatic nitrogens is 3. The van der Waals surface area contributed by atoms with E-state index in [1.165, 1.54) is 10.6 Å². The van der Waals surface area contributed by atoms with Crippen molar-refractivity contribution in [2.75, 3.05) is 6.54 Å². The van der Waals surface area contributed by atoms with Gasteiger partial charge in [0.15, 0.2) is 11.3 Å². The van der Waals surface area contributed by atoms with Gasteiger partial charge in [0.25, 0.3) is 5.91 Å². The number of carbonyl (C=O) groups excluding carboxylic acids is 1. The van der Waals surface area contributed by atoms with Crippen LogP contribution in [0.4, 0.5) is 13.2 Å². The van der Waals surface area contributed by atoms with Crippen molar-refractivity contribution in [1.82, 2.24) is 19.5 Å². The molecule has 0 saturated carbocycles. The maximum Gasteiger partial charge on any atom is 0.416 e. The molecule has 2 aromatic heterocycles. The van der Waals surface area contributed by atoms with Crippen molar-refractivity contribution in [1.29, 1.82) is 0 Å².